The van der Waals surface area contributed by atoms with E-state index in [0.717, 1.165) is 22.3 Å². The highest BCUT2D eigenvalue weighted by Crippen LogP contribution is 2.44. The van der Waals surface area contributed by atoms with E-state index in [9.17, 15) is 14.7 Å². The van der Waals surface area contributed by atoms with Crippen molar-refractivity contribution < 1.29 is 19.4 Å². The molecule has 4 rings (SSSR count). The van der Waals surface area contributed by atoms with E-state index in [4.69, 9.17) is 4.74 Å². The van der Waals surface area contributed by atoms with Gasteiger partial charge in [-0.1, -0.05) is 48.5 Å². The summed E-state index contributed by atoms with van der Waals surface area (Å²) in [6.45, 7) is 1.80. The largest absolute Gasteiger partial charge is 0.480 e. The summed E-state index contributed by atoms with van der Waals surface area (Å²) in [6, 6.07) is 16.0. The minimum absolute atomic E-state index is 0.0834. The average Bonchev–Trinajstić information content (AvgIpc) is 3.37. The molecule has 1 aliphatic carbocycles. The van der Waals surface area contributed by atoms with Crippen LogP contribution in [0.3, 0.4) is 0 Å². The van der Waals surface area contributed by atoms with Crippen LogP contribution in [0.25, 0.3) is 11.1 Å². The van der Waals surface area contributed by atoms with Crippen molar-refractivity contribution in [3.63, 3.8) is 0 Å². The molecular formula is C22H21N3O4. The third-order valence-corrected chi connectivity index (χ3v) is 5.31. The predicted octanol–water partition coefficient (Wildman–Crippen LogP) is 3.44. The molecule has 0 radical (unpaired) electrons. The van der Waals surface area contributed by atoms with Gasteiger partial charge >= 0.3 is 12.1 Å². The van der Waals surface area contributed by atoms with Crippen molar-refractivity contribution in [3.8, 4) is 11.1 Å². The number of carbonyl (C=O) groups excluding carboxylic acids is 1. The fraction of sp³-hybridized carbons (Fsp3) is 0.227. The number of carboxylic acids is 1. The Kier molecular flexibility index (Phi) is 5.03. The van der Waals surface area contributed by atoms with Gasteiger partial charge in [-0.3, -0.25) is 4.68 Å². The van der Waals surface area contributed by atoms with Crippen LogP contribution >= 0.6 is 0 Å². The summed E-state index contributed by atoms with van der Waals surface area (Å²) in [4.78, 5) is 24.0. The van der Waals surface area contributed by atoms with E-state index in [2.05, 4.69) is 22.5 Å². The van der Waals surface area contributed by atoms with Gasteiger partial charge in [0.1, 0.15) is 6.61 Å². The van der Waals surface area contributed by atoms with E-state index in [-0.39, 0.29) is 12.5 Å². The molecule has 7 nitrogen and oxygen atoms in total. The molecule has 148 valence electrons. The fourth-order valence-corrected chi connectivity index (χ4v) is 3.83. The first-order valence-electron chi connectivity index (χ1n) is 9.39. The number of aromatic nitrogens is 2. The Morgan fingerprint density at radius 3 is 2.28 bits per heavy atom. The lowest BCUT2D eigenvalue weighted by atomic mass is 9.98. The minimum Gasteiger partial charge on any atom is -0.480 e. The van der Waals surface area contributed by atoms with Crippen LogP contribution in [-0.2, 0) is 9.53 Å². The second-order valence-electron chi connectivity index (χ2n) is 7.01. The van der Waals surface area contributed by atoms with Crippen LogP contribution < -0.4 is 5.32 Å². The van der Waals surface area contributed by atoms with E-state index in [1.165, 1.54) is 4.68 Å². The molecule has 0 bridgehead atoms. The van der Waals surface area contributed by atoms with Crippen LogP contribution in [0.4, 0.5) is 4.79 Å². The number of aliphatic carboxylic acids is 1. The Labute approximate surface area is 167 Å². The molecule has 0 spiro atoms. The summed E-state index contributed by atoms with van der Waals surface area (Å²) < 4.78 is 6.93. The molecular weight excluding hydrogens is 370 g/mol. The molecule has 1 aliphatic rings. The molecule has 2 N–H and O–H groups in total. The van der Waals surface area contributed by atoms with Crippen molar-refractivity contribution in [3.05, 3.63) is 78.1 Å². The molecule has 0 saturated carbocycles. The molecule has 1 heterocycles. The second-order valence-corrected chi connectivity index (χ2v) is 7.01. The number of ether oxygens (including phenoxy) is 1. The molecule has 2 unspecified atom stereocenters. The third-order valence-electron chi connectivity index (χ3n) is 5.31. The van der Waals surface area contributed by atoms with Crippen molar-refractivity contribution in [1.82, 2.24) is 15.1 Å². The number of hydrogen-bond donors (Lipinski definition) is 2. The van der Waals surface area contributed by atoms with Crippen LogP contribution in [0.2, 0.25) is 0 Å². The Balaban J connectivity index is 1.46. The maximum atomic E-state index is 12.4. The van der Waals surface area contributed by atoms with Gasteiger partial charge in [0.05, 0.1) is 6.04 Å². The number of carbonyl (C=O) groups is 2. The van der Waals surface area contributed by atoms with Gasteiger partial charge in [-0.15, -0.1) is 0 Å². The van der Waals surface area contributed by atoms with Gasteiger partial charge in [-0.25, -0.2) is 9.59 Å². The maximum Gasteiger partial charge on any atom is 0.407 e. The number of hydrogen-bond acceptors (Lipinski definition) is 4. The number of alkyl carbamates (subject to hydrolysis) is 1. The standard InChI is InChI=1S/C22H21N3O4/c1-14(25-12-6-11-23-25)20(21(26)27)24-22(28)29-13-19-17-9-4-2-7-15(17)16-8-3-5-10-18(16)19/h2-12,14,19-20H,13H2,1H3,(H,24,28)(H,26,27). The average molecular weight is 391 g/mol. The predicted molar refractivity (Wildman–Crippen MR) is 107 cm³/mol. The minimum atomic E-state index is -1.16. The molecule has 0 saturated heterocycles. The maximum absolute atomic E-state index is 12.4. The monoisotopic (exact) mass is 391 g/mol. The van der Waals surface area contributed by atoms with Crippen LogP contribution in [0.5, 0.6) is 0 Å². The number of fused-ring (bicyclic) bond motifs is 3. The second kappa shape index (κ2) is 7.79. The molecule has 1 aromatic heterocycles. The molecule has 7 heteroatoms. The van der Waals surface area contributed by atoms with Gasteiger partial charge in [0.2, 0.25) is 0 Å². The normalized spacial score (nSPS) is 14.5. The van der Waals surface area contributed by atoms with Crippen molar-refractivity contribution in [2.24, 2.45) is 0 Å². The van der Waals surface area contributed by atoms with Gasteiger partial charge in [0.25, 0.3) is 0 Å². The lowest BCUT2D eigenvalue weighted by Crippen LogP contribution is -2.46. The summed E-state index contributed by atoms with van der Waals surface area (Å²) in [6.07, 6.45) is 2.45. The summed E-state index contributed by atoms with van der Waals surface area (Å²) in [5, 5.41) is 16.0. The Bertz CT molecular complexity index is 987. The van der Waals surface area contributed by atoms with Crippen LogP contribution in [-0.4, -0.2) is 39.6 Å². The molecule has 0 aliphatic heterocycles. The highest BCUT2D eigenvalue weighted by Gasteiger charge is 2.31. The molecule has 3 aromatic rings. The number of nitrogens with one attached hydrogen (secondary N) is 1. The van der Waals surface area contributed by atoms with Crippen molar-refractivity contribution >= 4 is 12.1 Å². The molecule has 2 atom stereocenters. The van der Waals surface area contributed by atoms with Gasteiger partial charge in [-0.05, 0) is 35.2 Å². The zero-order chi connectivity index (χ0) is 20.4. The van der Waals surface area contributed by atoms with Crippen LogP contribution in [0, 0.1) is 0 Å². The van der Waals surface area contributed by atoms with Gasteiger partial charge in [0.15, 0.2) is 6.04 Å². The van der Waals surface area contributed by atoms with E-state index in [1.807, 2.05) is 36.4 Å². The lowest BCUT2D eigenvalue weighted by Gasteiger charge is -2.22. The quantitative estimate of drug-likeness (QED) is 0.671. The lowest BCUT2D eigenvalue weighted by molar-refractivity contribution is -0.140. The first-order valence-corrected chi connectivity index (χ1v) is 9.39. The van der Waals surface area contributed by atoms with Crippen LogP contribution in [0.15, 0.2) is 67.0 Å². The van der Waals surface area contributed by atoms with E-state index >= 15 is 0 Å². The summed E-state index contributed by atoms with van der Waals surface area (Å²) in [5.41, 5.74) is 4.46. The summed E-state index contributed by atoms with van der Waals surface area (Å²) in [7, 11) is 0. The summed E-state index contributed by atoms with van der Waals surface area (Å²) >= 11 is 0. The SMILES string of the molecule is CC(C(NC(=O)OCC1c2ccccc2-c2ccccc21)C(=O)O)n1cccn1. The van der Waals surface area contributed by atoms with E-state index < -0.39 is 24.1 Å². The number of benzene rings is 2. The number of rotatable bonds is 6. The number of carboxylic acid groups (broad SMARTS) is 1. The summed E-state index contributed by atoms with van der Waals surface area (Å²) in [5.74, 6) is -1.23. The third kappa shape index (κ3) is 3.59. The smallest absolute Gasteiger partial charge is 0.407 e. The number of nitrogens with zero attached hydrogens (tertiary/aromatic N) is 2. The zero-order valence-electron chi connectivity index (χ0n) is 15.9. The van der Waals surface area contributed by atoms with Crippen molar-refractivity contribution in [2.45, 2.75) is 24.9 Å². The van der Waals surface area contributed by atoms with Crippen molar-refractivity contribution in [2.75, 3.05) is 6.61 Å². The number of amides is 1. The van der Waals surface area contributed by atoms with Crippen LogP contribution in [0.1, 0.15) is 30.0 Å². The Hall–Kier alpha value is -3.61. The topological polar surface area (TPSA) is 93.5 Å². The van der Waals surface area contributed by atoms with Gasteiger partial charge in [0, 0.05) is 18.3 Å². The van der Waals surface area contributed by atoms with Crippen molar-refractivity contribution in [1.29, 1.82) is 0 Å². The fourth-order valence-electron chi connectivity index (χ4n) is 3.83. The molecule has 1 amide bonds. The van der Waals surface area contributed by atoms with Gasteiger partial charge in [-0.2, -0.15) is 5.10 Å². The molecule has 29 heavy (non-hydrogen) atoms. The molecule has 0 fully saturated rings. The zero-order valence-corrected chi connectivity index (χ0v) is 15.9. The Morgan fingerprint density at radius 2 is 1.72 bits per heavy atom. The Morgan fingerprint density at radius 1 is 1.10 bits per heavy atom. The highest BCUT2D eigenvalue weighted by molar-refractivity contribution is 5.81. The van der Waals surface area contributed by atoms with E-state index in [0.29, 0.717) is 0 Å². The first-order chi connectivity index (χ1) is 14.1. The highest BCUT2D eigenvalue weighted by atomic mass is 16.5. The van der Waals surface area contributed by atoms with Gasteiger partial charge < -0.3 is 15.2 Å². The first kappa shape index (κ1) is 18.7. The van der Waals surface area contributed by atoms with E-state index in [1.54, 1.807) is 25.4 Å². The molecule has 2 aromatic carbocycles.